The van der Waals surface area contributed by atoms with Crippen molar-refractivity contribution < 1.29 is 37.8 Å². The maximum atomic E-state index is 14.0. The molecule has 2 aromatic rings. The molecule has 14 nitrogen and oxygen atoms in total. The van der Waals surface area contributed by atoms with E-state index >= 15 is 0 Å². The number of hydrogen-bond donors (Lipinski definition) is 7. The largest absolute Gasteiger partial charge is 0.494 e. The van der Waals surface area contributed by atoms with Crippen LogP contribution in [0.5, 0.6) is 5.75 Å². The van der Waals surface area contributed by atoms with Crippen LogP contribution in [0.15, 0.2) is 53.4 Å². The highest BCUT2D eigenvalue weighted by atomic mass is 32.2. The number of unbranched alkanes of at least 4 members (excludes halogenated alkanes) is 1. The Morgan fingerprint density at radius 3 is 2.37 bits per heavy atom. The van der Waals surface area contributed by atoms with Crippen LogP contribution in [0.25, 0.3) is 0 Å². The van der Waals surface area contributed by atoms with E-state index in [1.54, 1.807) is 12.1 Å². The molecule has 0 spiro atoms. The predicted molar refractivity (Wildman–Crippen MR) is 195 cm³/mol. The number of sulfonamides is 1. The van der Waals surface area contributed by atoms with E-state index < -0.39 is 64.6 Å². The van der Waals surface area contributed by atoms with Crippen molar-refractivity contribution in [3.63, 3.8) is 0 Å². The standard InChI is InChI=1S/C36H56N6O8S/c1-4-5-8-30-36(47)41-32(33(44)22-42(19-18-24(2)3)51(48,49)28-16-12-26(37)13-17-28)21-25-10-14-27(15-11-25)50-20-7-6-9-31(35(46)40-30)39-34(45)29(38)23-43/h10-17,24,29-33,43-44H,4-9,18-23,37-38H2,1-3H3,(H,39,45)(H,40,46)(H,41,47)/t29-,30-,31+,32-,33+/m0/s1. The topological polar surface area (TPSA) is 226 Å². The van der Waals surface area contributed by atoms with Crippen molar-refractivity contribution in [2.24, 2.45) is 11.7 Å². The highest BCUT2D eigenvalue weighted by Gasteiger charge is 2.33. The molecule has 15 heteroatoms. The molecule has 0 radical (unpaired) electrons. The summed E-state index contributed by atoms with van der Waals surface area (Å²) in [6.07, 6.45) is 2.27. The molecule has 0 aromatic heterocycles. The lowest BCUT2D eigenvalue weighted by molar-refractivity contribution is -0.133. The number of hydrogen-bond acceptors (Lipinski definition) is 10. The second-order valence-electron chi connectivity index (χ2n) is 13.5. The number of nitrogens with zero attached hydrogens (tertiary/aromatic N) is 1. The van der Waals surface area contributed by atoms with Crippen molar-refractivity contribution in [1.82, 2.24) is 20.3 Å². The first-order valence-electron chi connectivity index (χ1n) is 17.8. The van der Waals surface area contributed by atoms with Gasteiger partial charge >= 0.3 is 0 Å². The summed E-state index contributed by atoms with van der Waals surface area (Å²) < 4.78 is 34.8. The van der Waals surface area contributed by atoms with Gasteiger partial charge in [0.1, 0.15) is 23.9 Å². The van der Waals surface area contributed by atoms with Gasteiger partial charge in [-0.2, -0.15) is 4.31 Å². The molecule has 51 heavy (non-hydrogen) atoms. The molecule has 0 fully saturated rings. The molecular weight excluding hydrogens is 676 g/mol. The summed E-state index contributed by atoms with van der Waals surface area (Å²) in [7, 11) is -4.05. The van der Waals surface area contributed by atoms with E-state index in [9.17, 15) is 33.0 Å². The minimum absolute atomic E-state index is 0.0325. The van der Waals surface area contributed by atoms with Crippen LogP contribution in [0.3, 0.4) is 0 Å². The zero-order valence-corrected chi connectivity index (χ0v) is 30.7. The van der Waals surface area contributed by atoms with Gasteiger partial charge in [-0.25, -0.2) is 8.42 Å². The Hall–Kier alpha value is -3.76. The van der Waals surface area contributed by atoms with Crippen LogP contribution >= 0.6 is 0 Å². The number of nitrogen functional groups attached to an aromatic ring is 1. The number of carbonyl (C=O) groups excluding carboxylic acids is 3. The first-order chi connectivity index (χ1) is 24.2. The lowest BCUT2D eigenvalue weighted by Crippen LogP contribution is -2.58. The molecule has 0 saturated heterocycles. The Morgan fingerprint density at radius 2 is 1.75 bits per heavy atom. The SMILES string of the molecule is CCCC[C@@H]1NC(=O)[C@H](NC(=O)[C@@H](N)CO)CCCCOc2ccc(cc2)C[C@@H]([C@H](O)CN(CCC(C)C)S(=O)(=O)c2ccc(N)cc2)NC1=O. The fraction of sp³-hybridized carbons (Fsp3) is 0.583. The number of carbonyl (C=O) groups is 3. The fourth-order valence-corrected chi connectivity index (χ4v) is 7.07. The second-order valence-corrected chi connectivity index (χ2v) is 15.5. The molecule has 2 aromatic carbocycles. The maximum absolute atomic E-state index is 14.0. The van der Waals surface area contributed by atoms with E-state index in [-0.39, 0.29) is 43.2 Å². The number of anilines is 1. The third-order valence-corrected chi connectivity index (χ3v) is 10.7. The zero-order valence-electron chi connectivity index (χ0n) is 29.9. The number of nitrogens with one attached hydrogen (secondary N) is 3. The van der Waals surface area contributed by atoms with Crippen molar-refractivity contribution >= 4 is 33.4 Å². The Morgan fingerprint density at radius 1 is 1.06 bits per heavy atom. The van der Waals surface area contributed by atoms with Crippen LogP contribution in [0, 0.1) is 5.92 Å². The summed E-state index contributed by atoms with van der Waals surface area (Å²) in [5.41, 5.74) is 12.7. The fourth-order valence-electron chi connectivity index (χ4n) is 5.60. The highest BCUT2D eigenvalue weighted by molar-refractivity contribution is 7.89. The van der Waals surface area contributed by atoms with Gasteiger partial charge in [-0.3, -0.25) is 14.4 Å². The van der Waals surface area contributed by atoms with Crippen molar-refractivity contribution in [1.29, 1.82) is 0 Å². The molecule has 2 heterocycles. The van der Waals surface area contributed by atoms with Crippen molar-refractivity contribution in [2.45, 2.75) is 107 Å². The Balaban J connectivity index is 1.97. The van der Waals surface area contributed by atoms with Crippen LogP contribution in [0.2, 0.25) is 0 Å². The van der Waals surface area contributed by atoms with Gasteiger partial charge in [0, 0.05) is 18.8 Å². The molecule has 5 atom stereocenters. The maximum Gasteiger partial charge on any atom is 0.243 e. The number of aliphatic hydroxyl groups is 2. The van der Waals surface area contributed by atoms with Gasteiger partial charge in [-0.1, -0.05) is 45.7 Å². The van der Waals surface area contributed by atoms with Gasteiger partial charge in [-0.05, 0) is 86.4 Å². The van der Waals surface area contributed by atoms with Crippen LogP contribution in [0.1, 0.15) is 71.3 Å². The molecule has 0 aliphatic carbocycles. The average Bonchev–Trinajstić information content (AvgIpc) is 3.10. The van der Waals surface area contributed by atoms with Gasteiger partial charge in [0.15, 0.2) is 0 Å². The van der Waals surface area contributed by atoms with Crippen LogP contribution < -0.4 is 32.2 Å². The van der Waals surface area contributed by atoms with E-state index in [0.717, 1.165) is 12.0 Å². The molecule has 0 unspecified atom stereocenters. The lowest BCUT2D eigenvalue weighted by Gasteiger charge is -2.31. The van der Waals surface area contributed by atoms with Crippen molar-refractivity contribution in [3.8, 4) is 5.75 Å². The van der Waals surface area contributed by atoms with Gasteiger partial charge < -0.3 is 42.4 Å². The van der Waals surface area contributed by atoms with Crippen molar-refractivity contribution in [2.75, 3.05) is 32.0 Å². The van der Waals surface area contributed by atoms with Crippen LogP contribution in [0.4, 0.5) is 5.69 Å². The Bertz CT molecular complexity index is 1510. The number of aliphatic hydroxyl groups excluding tert-OH is 2. The molecule has 9 N–H and O–H groups in total. The first kappa shape index (κ1) is 41.7. The van der Waals surface area contributed by atoms with Crippen LogP contribution in [-0.2, 0) is 30.8 Å². The van der Waals surface area contributed by atoms with E-state index in [1.165, 1.54) is 28.6 Å². The number of benzene rings is 2. The number of rotatable bonds is 14. The molecular formula is C36H56N6O8S. The van der Waals surface area contributed by atoms with Crippen molar-refractivity contribution in [3.05, 3.63) is 54.1 Å². The van der Waals surface area contributed by atoms with Gasteiger partial charge in [0.2, 0.25) is 27.7 Å². The highest BCUT2D eigenvalue weighted by Crippen LogP contribution is 2.21. The summed E-state index contributed by atoms with van der Waals surface area (Å²) in [6.45, 7) is 5.48. The normalized spacial score (nSPS) is 20.6. The Kier molecular flexibility index (Phi) is 16.6. The third kappa shape index (κ3) is 13.1. The molecule has 3 amide bonds. The number of ether oxygens (including phenoxy) is 1. The van der Waals surface area contributed by atoms with Gasteiger partial charge in [-0.15, -0.1) is 0 Å². The first-order valence-corrected chi connectivity index (χ1v) is 19.2. The summed E-state index contributed by atoms with van der Waals surface area (Å²) in [5.74, 6) is -1.07. The summed E-state index contributed by atoms with van der Waals surface area (Å²) in [5, 5.41) is 29.4. The minimum Gasteiger partial charge on any atom is -0.494 e. The monoisotopic (exact) mass is 732 g/mol. The molecule has 2 aliphatic rings. The van der Waals surface area contributed by atoms with E-state index in [1.807, 2.05) is 32.9 Å². The summed E-state index contributed by atoms with van der Waals surface area (Å²) in [4.78, 5) is 40.2. The second kappa shape index (κ2) is 20.3. The molecule has 2 aliphatic heterocycles. The molecule has 284 valence electrons. The predicted octanol–water partition coefficient (Wildman–Crippen LogP) is 1.44. The zero-order chi connectivity index (χ0) is 37.6. The minimum atomic E-state index is -4.05. The molecule has 2 bridgehead atoms. The smallest absolute Gasteiger partial charge is 0.243 e. The average molecular weight is 733 g/mol. The van der Waals surface area contributed by atoms with Crippen LogP contribution in [-0.4, -0.2) is 97.2 Å². The quantitative estimate of drug-likeness (QED) is 0.138. The third-order valence-electron chi connectivity index (χ3n) is 8.84. The van der Waals surface area contributed by atoms with Gasteiger partial charge in [0.25, 0.3) is 0 Å². The van der Waals surface area contributed by atoms with Gasteiger partial charge in [0.05, 0.1) is 30.3 Å². The van der Waals surface area contributed by atoms with E-state index in [0.29, 0.717) is 43.7 Å². The molecule has 4 rings (SSSR count). The molecule has 0 saturated carbocycles. The number of amides is 3. The number of nitrogens with two attached hydrogens (primary N) is 2. The summed E-state index contributed by atoms with van der Waals surface area (Å²) in [6, 6.07) is 8.85. The number of fused-ring (bicyclic) bond motifs is 14. The summed E-state index contributed by atoms with van der Waals surface area (Å²) >= 11 is 0. The lowest BCUT2D eigenvalue weighted by atomic mass is 9.99. The van der Waals surface area contributed by atoms with E-state index in [2.05, 4.69) is 16.0 Å². The van der Waals surface area contributed by atoms with E-state index in [4.69, 9.17) is 16.2 Å². The Labute approximate surface area is 301 Å².